The standard InChI is InChI=1S/C23H25NO2/c1-15-7-12-20-21(24(15)23(25)17-10-11-17)14-13-19(16-8-9-16)22(20)26-18-5-3-2-4-6-18/h2-6,13-17H,7-12H2,1H3/t15-/m0/s1. The Bertz CT molecular complexity index is 837. The summed E-state index contributed by atoms with van der Waals surface area (Å²) < 4.78 is 6.41. The number of carbonyl (C=O) groups is 1. The van der Waals surface area contributed by atoms with Gasteiger partial charge in [0.2, 0.25) is 5.91 Å². The van der Waals surface area contributed by atoms with Crippen LogP contribution in [-0.2, 0) is 11.2 Å². The van der Waals surface area contributed by atoms with Gasteiger partial charge in [0, 0.05) is 17.5 Å². The van der Waals surface area contributed by atoms with Gasteiger partial charge >= 0.3 is 0 Å². The van der Waals surface area contributed by atoms with Crippen LogP contribution in [0.5, 0.6) is 11.5 Å². The van der Waals surface area contributed by atoms with Gasteiger partial charge in [-0.25, -0.2) is 0 Å². The minimum absolute atomic E-state index is 0.241. The number of hydrogen-bond donors (Lipinski definition) is 0. The fourth-order valence-electron chi connectivity index (χ4n) is 4.13. The molecule has 2 aromatic rings. The number of carbonyl (C=O) groups excluding carboxylic acids is 1. The maximum Gasteiger partial charge on any atom is 0.230 e. The first-order chi connectivity index (χ1) is 12.7. The Morgan fingerprint density at radius 1 is 1.00 bits per heavy atom. The fourth-order valence-corrected chi connectivity index (χ4v) is 4.13. The second kappa shape index (κ2) is 6.15. The van der Waals surface area contributed by atoms with E-state index in [1.54, 1.807) is 0 Å². The molecule has 0 spiro atoms. The summed E-state index contributed by atoms with van der Waals surface area (Å²) in [6.45, 7) is 2.18. The minimum Gasteiger partial charge on any atom is -0.457 e. The molecule has 2 saturated carbocycles. The van der Waals surface area contributed by atoms with Gasteiger partial charge in [-0.2, -0.15) is 0 Å². The van der Waals surface area contributed by atoms with Crippen molar-refractivity contribution in [2.45, 2.75) is 57.4 Å². The Kier molecular flexibility index (Phi) is 3.77. The van der Waals surface area contributed by atoms with Crippen LogP contribution in [0.15, 0.2) is 42.5 Å². The molecular formula is C23H25NO2. The van der Waals surface area contributed by atoms with Crippen molar-refractivity contribution in [2.24, 2.45) is 5.92 Å². The topological polar surface area (TPSA) is 29.5 Å². The molecule has 3 aliphatic rings. The van der Waals surface area contributed by atoms with Crippen molar-refractivity contribution in [1.82, 2.24) is 0 Å². The summed E-state index contributed by atoms with van der Waals surface area (Å²) in [5.74, 6) is 3.05. The molecule has 0 radical (unpaired) electrons. The molecule has 0 N–H and O–H groups in total. The Morgan fingerprint density at radius 2 is 1.77 bits per heavy atom. The maximum absolute atomic E-state index is 12.9. The fraction of sp³-hybridized carbons (Fsp3) is 0.435. The SMILES string of the molecule is C[C@H]1CCc2c(ccc(C3CC3)c2Oc2ccccc2)N1C(=O)C1CC1. The van der Waals surface area contributed by atoms with E-state index < -0.39 is 0 Å². The smallest absolute Gasteiger partial charge is 0.230 e. The highest BCUT2D eigenvalue weighted by atomic mass is 16.5. The van der Waals surface area contributed by atoms with E-state index in [-0.39, 0.29) is 12.0 Å². The number of para-hydroxylation sites is 1. The van der Waals surface area contributed by atoms with Crippen molar-refractivity contribution < 1.29 is 9.53 Å². The number of benzene rings is 2. The minimum atomic E-state index is 0.241. The van der Waals surface area contributed by atoms with E-state index in [1.807, 2.05) is 30.3 Å². The van der Waals surface area contributed by atoms with E-state index in [9.17, 15) is 4.79 Å². The molecule has 5 rings (SSSR count). The molecule has 1 atom stereocenters. The molecule has 1 heterocycles. The van der Waals surface area contributed by atoms with Gasteiger partial charge in [0.15, 0.2) is 0 Å². The van der Waals surface area contributed by atoms with Crippen LogP contribution in [0.4, 0.5) is 5.69 Å². The van der Waals surface area contributed by atoms with Crippen molar-refractivity contribution in [3.8, 4) is 11.5 Å². The Balaban J connectivity index is 1.59. The number of amides is 1. The van der Waals surface area contributed by atoms with Gasteiger partial charge in [-0.3, -0.25) is 4.79 Å². The lowest BCUT2D eigenvalue weighted by Crippen LogP contribution is -2.43. The van der Waals surface area contributed by atoms with Crippen LogP contribution in [0.25, 0.3) is 0 Å². The molecule has 0 bridgehead atoms. The molecule has 0 unspecified atom stereocenters. The van der Waals surface area contributed by atoms with Gasteiger partial charge in [-0.15, -0.1) is 0 Å². The number of fused-ring (bicyclic) bond motifs is 1. The van der Waals surface area contributed by atoms with Gasteiger partial charge in [-0.05, 0) is 75.1 Å². The third-order valence-electron chi connectivity index (χ3n) is 5.92. The van der Waals surface area contributed by atoms with Crippen molar-refractivity contribution in [1.29, 1.82) is 0 Å². The molecule has 1 aliphatic heterocycles. The first-order valence-corrected chi connectivity index (χ1v) is 9.94. The highest BCUT2D eigenvalue weighted by molar-refractivity contribution is 5.98. The van der Waals surface area contributed by atoms with Crippen molar-refractivity contribution >= 4 is 11.6 Å². The molecule has 1 amide bonds. The zero-order valence-corrected chi connectivity index (χ0v) is 15.3. The van der Waals surface area contributed by atoms with Crippen molar-refractivity contribution in [3.63, 3.8) is 0 Å². The summed E-state index contributed by atoms with van der Waals surface area (Å²) in [6, 6.07) is 14.7. The monoisotopic (exact) mass is 347 g/mol. The van der Waals surface area contributed by atoms with Crippen LogP contribution in [0.1, 0.15) is 56.1 Å². The molecule has 0 saturated heterocycles. The van der Waals surface area contributed by atoms with Crippen LogP contribution in [0.2, 0.25) is 0 Å². The van der Waals surface area contributed by atoms with E-state index in [4.69, 9.17) is 4.74 Å². The van der Waals surface area contributed by atoms with Gasteiger partial charge in [0.25, 0.3) is 0 Å². The second-order valence-electron chi connectivity index (χ2n) is 8.04. The summed E-state index contributed by atoms with van der Waals surface area (Å²) in [7, 11) is 0. The number of ether oxygens (including phenoxy) is 1. The Hall–Kier alpha value is -2.29. The van der Waals surface area contributed by atoms with Crippen molar-refractivity contribution in [3.05, 3.63) is 53.6 Å². The maximum atomic E-state index is 12.9. The molecule has 3 heteroatoms. The predicted molar refractivity (Wildman–Crippen MR) is 103 cm³/mol. The Morgan fingerprint density at radius 3 is 2.46 bits per heavy atom. The van der Waals surface area contributed by atoms with Gasteiger partial charge in [-0.1, -0.05) is 24.3 Å². The molecule has 3 nitrogen and oxygen atoms in total. The molecule has 26 heavy (non-hydrogen) atoms. The summed E-state index contributed by atoms with van der Waals surface area (Å²) in [5, 5.41) is 0. The molecule has 0 aromatic heterocycles. The lowest BCUT2D eigenvalue weighted by atomic mass is 9.92. The van der Waals surface area contributed by atoms with Crippen LogP contribution in [0, 0.1) is 5.92 Å². The van der Waals surface area contributed by atoms with Gasteiger partial charge in [0.1, 0.15) is 11.5 Å². The average molecular weight is 347 g/mol. The third-order valence-corrected chi connectivity index (χ3v) is 5.92. The Labute approximate surface area is 155 Å². The lowest BCUT2D eigenvalue weighted by molar-refractivity contribution is -0.120. The summed E-state index contributed by atoms with van der Waals surface area (Å²) in [6.07, 6.45) is 6.56. The van der Waals surface area contributed by atoms with Crippen LogP contribution < -0.4 is 9.64 Å². The zero-order valence-electron chi connectivity index (χ0n) is 15.3. The normalized spacial score (nSPS) is 22.0. The lowest BCUT2D eigenvalue weighted by Gasteiger charge is -2.37. The number of hydrogen-bond acceptors (Lipinski definition) is 2. The van der Waals surface area contributed by atoms with E-state index >= 15 is 0 Å². The zero-order chi connectivity index (χ0) is 17.7. The predicted octanol–water partition coefficient (Wildman–Crippen LogP) is 5.43. The van der Waals surface area contributed by atoms with E-state index in [1.165, 1.54) is 24.0 Å². The first-order valence-electron chi connectivity index (χ1n) is 9.94. The average Bonchev–Trinajstić information content (AvgIpc) is 3.55. The van der Waals surface area contributed by atoms with Gasteiger partial charge in [0.05, 0.1) is 5.69 Å². The summed E-state index contributed by atoms with van der Waals surface area (Å²) >= 11 is 0. The quantitative estimate of drug-likeness (QED) is 0.737. The summed E-state index contributed by atoms with van der Waals surface area (Å²) in [5.41, 5.74) is 3.63. The van der Waals surface area contributed by atoms with E-state index in [2.05, 4.69) is 24.0 Å². The number of anilines is 1. The molecule has 2 fully saturated rings. The number of rotatable bonds is 4. The number of nitrogens with zero attached hydrogens (tertiary/aromatic N) is 1. The van der Waals surface area contributed by atoms with E-state index in [0.29, 0.717) is 11.8 Å². The highest BCUT2D eigenvalue weighted by Crippen LogP contribution is 2.50. The molecule has 2 aliphatic carbocycles. The van der Waals surface area contributed by atoms with Crippen LogP contribution in [-0.4, -0.2) is 11.9 Å². The van der Waals surface area contributed by atoms with Crippen molar-refractivity contribution in [2.75, 3.05) is 4.90 Å². The molecular weight excluding hydrogens is 322 g/mol. The second-order valence-corrected chi connectivity index (χ2v) is 8.04. The van der Waals surface area contributed by atoms with E-state index in [0.717, 1.165) is 42.9 Å². The molecule has 134 valence electrons. The van der Waals surface area contributed by atoms with Crippen LogP contribution in [0.3, 0.4) is 0 Å². The summed E-state index contributed by atoms with van der Waals surface area (Å²) in [4.78, 5) is 15.0. The third kappa shape index (κ3) is 2.80. The van der Waals surface area contributed by atoms with Crippen LogP contribution >= 0.6 is 0 Å². The molecule has 2 aromatic carbocycles. The largest absolute Gasteiger partial charge is 0.457 e. The van der Waals surface area contributed by atoms with Gasteiger partial charge < -0.3 is 9.64 Å². The highest BCUT2D eigenvalue weighted by Gasteiger charge is 2.40. The first kappa shape index (κ1) is 15.9.